The predicted octanol–water partition coefficient (Wildman–Crippen LogP) is 14.8. The van der Waals surface area contributed by atoms with Gasteiger partial charge in [-0.15, -0.1) is 0 Å². The smallest absolute Gasteiger partial charge is 0.164 e. The minimum absolute atomic E-state index is 0.626. The van der Waals surface area contributed by atoms with Crippen molar-refractivity contribution < 1.29 is 4.42 Å². The summed E-state index contributed by atoms with van der Waals surface area (Å²) in [5.41, 5.74) is 6.82. The van der Waals surface area contributed by atoms with Gasteiger partial charge in [0.2, 0.25) is 0 Å². The Kier molecular flexibility index (Phi) is 6.69. The lowest BCUT2D eigenvalue weighted by molar-refractivity contribution is 0.669. The maximum Gasteiger partial charge on any atom is 0.164 e. The van der Waals surface area contributed by atoms with Gasteiger partial charge in [-0.25, -0.2) is 15.0 Å². The Bertz CT molecular complexity index is 3820. The molecule has 4 heteroatoms. The Hall–Kier alpha value is -7.95. The molecule has 2 aromatic heterocycles. The van der Waals surface area contributed by atoms with Gasteiger partial charge in [0, 0.05) is 27.5 Å². The van der Waals surface area contributed by atoms with E-state index < -0.39 is 0 Å². The SMILES string of the molecule is c1ccc(-c2nc(-c3ccc(-c4ccc5oc6ccccc6c5c4)cc3)nc(-c3cc4ccc5cccc6c7cccc8ccc9cccc(c(c3)c4c56)c9c87)n2)cc1. The van der Waals surface area contributed by atoms with E-state index in [0.717, 1.165) is 55.1 Å². The van der Waals surface area contributed by atoms with Crippen molar-refractivity contribution in [2.75, 3.05) is 0 Å². The lowest BCUT2D eigenvalue weighted by atomic mass is 9.87. The molecule has 0 N–H and O–H groups in total. The van der Waals surface area contributed by atoms with Gasteiger partial charge in [0.05, 0.1) is 0 Å². The zero-order chi connectivity index (χ0) is 38.6. The quantitative estimate of drug-likeness (QED) is 0.168. The molecular formula is C55H31N3O. The van der Waals surface area contributed by atoms with Gasteiger partial charge in [-0.1, -0.05) is 158 Å². The van der Waals surface area contributed by atoms with Crippen LogP contribution in [0.2, 0.25) is 0 Å². The van der Waals surface area contributed by atoms with Gasteiger partial charge in [0.1, 0.15) is 11.2 Å². The molecule has 0 spiro atoms. The number of nitrogens with zero attached hydrogens (tertiary/aromatic N) is 3. The van der Waals surface area contributed by atoms with Crippen LogP contribution in [0.3, 0.4) is 0 Å². The zero-order valence-corrected chi connectivity index (χ0v) is 31.6. The van der Waals surface area contributed by atoms with Crippen LogP contribution >= 0.6 is 0 Å². The van der Waals surface area contributed by atoms with E-state index in [0.29, 0.717) is 17.5 Å². The molecule has 272 valence electrons. The Labute approximate surface area is 338 Å². The predicted molar refractivity (Wildman–Crippen MR) is 245 cm³/mol. The van der Waals surface area contributed by atoms with Crippen LogP contribution in [0, 0.1) is 0 Å². The number of furan rings is 1. The van der Waals surface area contributed by atoms with Gasteiger partial charge in [0.15, 0.2) is 17.5 Å². The van der Waals surface area contributed by atoms with E-state index in [4.69, 9.17) is 19.4 Å². The van der Waals surface area contributed by atoms with E-state index in [2.05, 4.69) is 158 Å². The normalized spacial score (nSPS) is 12.1. The fraction of sp³-hybridized carbons (Fsp3) is 0. The summed E-state index contributed by atoms with van der Waals surface area (Å²) >= 11 is 0. The molecule has 0 aliphatic rings. The van der Waals surface area contributed by atoms with Crippen molar-refractivity contribution >= 4 is 86.6 Å². The summed E-state index contributed by atoms with van der Waals surface area (Å²) in [6.45, 7) is 0. The summed E-state index contributed by atoms with van der Waals surface area (Å²) in [6.07, 6.45) is 0. The molecule has 13 aromatic rings. The van der Waals surface area contributed by atoms with Crippen molar-refractivity contribution in [3.63, 3.8) is 0 Å². The summed E-state index contributed by atoms with van der Waals surface area (Å²) in [6, 6.07) is 67.1. The van der Waals surface area contributed by atoms with E-state index in [1.807, 2.05) is 30.3 Å². The maximum atomic E-state index is 6.11. The van der Waals surface area contributed by atoms with E-state index >= 15 is 0 Å². The molecule has 0 saturated carbocycles. The minimum Gasteiger partial charge on any atom is -0.456 e. The first-order valence-corrected chi connectivity index (χ1v) is 20.0. The van der Waals surface area contributed by atoms with Crippen molar-refractivity contribution in [3.05, 3.63) is 188 Å². The zero-order valence-electron chi connectivity index (χ0n) is 31.6. The molecule has 11 aromatic carbocycles. The van der Waals surface area contributed by atoms with Crippen LogP contribution in [0.1, 0.15) is 0 Å². The highest BCUT2D eigenvalue weighted by Crippen LogP contribution is 2.44. The number of hydrogen-bond acceptors (Lipinski definition) is 4. The van der Waals surface area contributed by atoms with Gasteiger partial charge in [-0.05, 0) is 106 Å². The molecule has 0 aliphatic carbocycles. The van der Waals surface area contributed by atoms with Crippen LogP contribution in [0.5, 0.6) is 0 Å². The van der Waals surface area contributed by atoms with Crippen molar-refractivity contribution in [2.45, 2.75) is 0 Å². The van der Waals surface area contributed by atoms with Crippen molar-refractivity contribution in [2.24, 2.45) is 0 Å². The van der Waals surface area contributed by atoms with Crippen molar-refractivity contribution in [1.82, 2.24) is 15.0 Å². The van der Waals surface area contributed by atoms with Crippen LogP contribution in [-0.4, -0.2) is 15.0 Å². The van der Waals surface area contributed by atoms with E-state index in [1.54, 1.807) is 0 Å². The van der Waals surface area contributed by atoms with Crippen LogP contribution in [0.4, 0.5) is 0 Å². The Morgan fingerprint density at radius 3 is 1.37 bits per heavy atom. The van der Waals surface area contributed by atoms with E-state index in [9.17, 15) is 0 Å². The summed E-state index contributed by atoms with van der Waals surface area (Å²) in [5.74, 6) is 1.90. The minimum atomic E-state index is 0.626. The molecule has 4 nitrogen and oxygen atoms in total. The van der Waals surface area contributed by atoms with Gasteiger partial charge >= 0.3 is 0 Å². The molecule has 0 fully saturated rings. The Morgan fingerprint density at radius 2 is 0.712 bits per heavy atom. The fourth-order valence-electron chi connectivity index (χ4n) is 9.48. The molecule has 0 unspecified atom stereocenters. The first-order chi connectivity index (χ1) is 29.2. The van der Waals surface area contributed by atoms with E-state index in [-0.39, 0.29) is 0 Å². The number of benzene rings is 10. The van der Waals surface area contributed by atoms with Crippen LogP contribution in [0.15, 0.2) is 192 Å². The molecule has 13 rings (SSSR count). The average Bonchev–Trinajstić information content (AvgIpc) is 3.68. The second-order valence-electron chi connectivity index (χ2n) is 15.5. The molecular weight excluding hydrogens is 719 g/mol. The average molecular weight is 750 g/mol. The first-order valence-electron chi connectivity index (χ1n) is 20.0. The topological polar surface area (TPSA) is 51.8 Å². The Morgan fingerprint density at radius 1 is 0.254 bits per heavy atom. The van der Waals surface area contributed by atoms with Crippen LogP contribution in [0.25, 0.3) is 132 Å². The molecule has 59 heavy (non-hydrogen) atoms. The first kappa shape index (κ1) is 32.2. The maximum absolute atomic E-state index is 6.11. The lowest BCUT2D eigenvalue weighted by Gasteiger charge is -2.17. The second-order valence-corrected chi connectivity index (χ2v) is 15.5. The third-order valence-corrected chi connectivity index (χ3v) is 12.2. The number of aromatic nitrogens is 3. The monoisotopic (exact) mass is 749 g/mol. The summed E-state index contributed by atoms with van der Waals surface area (Å²) in [4.78, 5) is 15.6. The van der Waals surface area contributed by atoms with Crippen LogP contribution < -0.4 is 0 Å². The molecule has 0 saturated heterocycles. The lowest BCUT2D eigenvalue weighted by Crippen LogP contribution is -2.00. The standard InChI is InChI=1S/C55H31N3O/c1-2-9-36(10-3-1)53-56-54(37-24-19-32(20-25-37)38-27-28-48-45(30-38)41-14-4-5-18-47(41)59-48)58-55(57-53)40-29-39-26-23-35-12-7-16-43-42-15-6-11-33-21-22-34-13-8-17-44(51(34)49(33)42)46(31-40)52(39)50(35)43/h1-31H. The molecule has 0 amide bonds. The number of rotatable bonds is 4. The molecule has 0 bridgehead atoms. The van der Waals surface area contributed by atoms with Crippen molar-refractivity contribution in [1.29, 1.82) is 0 Å². The Balaban J connectivity index is 1.04. The summed E-state index contributed by atoms with van der Waals surface area (Å²) in [5, 5.41) is 17.1. The summed E-state index contributed by atoms with van der Waals surface area (Å²) < 4.78 is 6.11. The third-order valence-electron chi connectivity index (χ3n) is 12.2. The third kappa shape index (κ3) is 4.87. The highest BCUT2D eigenvalue weighted by atomic mass is 16.3. The summed E-state index contributed by atoms with van der Waals surface area (Å²) in [7, 11) is 0. The van der Waals surface area contributed by atoms with Gasteiger partial charge in [-0.2, -0.15) is 0 Å². The van der Waals surface area contributed by atoms with Gasteiger partial charge in [0.25, 0.3) is 0 Å². The molecule has 0 radical (unpaired) electrons. The van der Waals surface area contributed by atoms with E-state index in [1.165, 1.54) is 59.2 Å². The molecule has 2 heterocycles. The number of fused-ring (bicyclic) bond motifs is 5. The van der Waals surface area contributed by atoms with Crippen LogP contribution in [-0.2, 0) is 0 Å². The highest BCUT2D eigenvalue weighted by molar-refractivity contribution is 6.37. The molecule has 0 atom stereocenters. The largest absolute Gasteiger partial charge is 0.456 e. The van der Waals surface area contributed by atoms with Crippen molar-refractivity contribution in [3.8, 4) is 45.3 Å². The van der Waals surface area contributed by atoms with Gasteiger partial charge < -0.3 is 4.42 Å². The number of para-hydroxylation sites is 1. The highest BCUT2D eigenvalue weighted by Gasteiger charge is 2.19. The second kappa shape index (κ2) is 12.3. The molecule has 0 aliphatic heterocycles. The number of hydrogen-bond donors (Lipinski definition) is 0. The van der Waals surface area contributed by atoms with Gasteiger partial charge in [-0.3, -0.25) is 0 Å². The fourth-order valence-corrected chi connectivity index (χ4v) is 9.48.